The second-order valence-corrected chi connectivity index (χ2v) is 6.98. The number of nitrogens with one attached hydrogen (secondary N) is 1. The van der Waals surface area contributed by atoms with Crippen molar-refractivity contribution in [2.75, 3.05) is 6.54 Å². The summed E-state index contributed by atoms with van der Waals surface area (Å²) in [6, 6.07) is 11.1. The number of aryl methyl sites for hydroxylation is 2. The number of thiophene rings is 1. The van der Waals surface area contributed by atoms with Gasteiger partial charge in [0.2, 0.25) is 0 Å². The molecule has 0 aliphatic rings. The average Bonchev–Trinajstić information content (AvgIpc) is 2.83. The van der Waals surface area contributed by atoms with Crippen LogP contribution >= 0.6 is 22.9 Å². The highest BCUT2D eigenvalue weighted by atomic mass is 35.5. The van der Waals surface area contributed by atoms with Gasteiger partial charge in [-0.2, -0.15) is 0 Å². The van der Waals surface area contributed by atoms with Crippen LogP contribution in [0.3, 0.4) is 0 Å². The van der Waals surface area contributed by atoms with Crippen LogP contribution < -0.4 is 5.32 Å². The van der Waals surface area contributed by atoms with E-state index in [0.29, 0.717) is 6.04 Å². The molecule has 1 nitrogen and oxygen atoms in total. The van der Waals surface area contributed by atoms with E-state index in [2.05, 4.69) is 50.4 Å². The summed E-state index contributed by atoms with van der Waals surface area (Å²) >= 11 is 8.24. The lowest BCUT2D eigenvalue weighted by atomic mass is 10.0. The van der Waals surface area contributed by atoms with Crippen LogP contribution in [0, 0.1) is 13.8 Å². The van der Waals surface area contributed by atoms with Crippen LogP contribution in [0.15, 0.2) is 30.3 Å². The van der Waals surface area contributed by atoms with Crippen LogP contribution in [0.5, 0.6) is 0 Å². The molecule has 0 aliphatic carbocycles. The molecule has 1 heterocycles. The zero-order valence-electron chi connectivity index (χ0n) is 12.4. The predicted octanol–water partition coefficient (Wildman–Crippen LogP) is 5.30. The maximum atomic E-state index is 6.38. The molecular weight excluding hydrogens is 286 g/mol. The van der Waals surface area contributed by atoms with Crippen molar-refractivity contribution in [3.05, 3.63) is 56.2 Å². The van der Waals surface area contributed by atoms with E-state index in [1.54, 1.807) is 0 Å². The molecule has 2 rings (SSSR count). The molecule has 3 heteroatoms. The van der Waals surface area contributed by atoms with Crippen molar-refractivity contribution in [2.24, 2.45) is 0 Å². The number of rotatable bonds is 6. The fraction of sp³-hybridized carbons (Fsp3) is 0.412. The molecule has 0 aliphatic heterocycles. The van der Waals surface area contributed by atoms with Crippen molar-refractivity contribution in [1.29, 1.82) is 0 Å². The van der Waals surface area contributed by atoms with Gasteiger partial charge in [0.15, 0.2) is 0 Å². The van der Waals surface area contributed by atoms with Crippen molar-refractivity contribution >= 4 is 22.9 Å². The van der Waals surface area contributed by atoms with Crippen molar-refractivity contribution in [2.45, 2.75) is 39.7 Å². The smallest absolute Gasteiger partial charge is 0.0456 e. The van der Waals surface area contributed by atoms with Crippen LogP contribution in [0.25, 0.3) is 0 Å². The van der Waals surface area contributed by atoms with E-state index >= 15 is 0 Å². The van der Waals surface area contributed by atoms with Crippen LogP contribution in [-0.2, 0) is 6.42 Å². The molecule has 0 radical (unpaired) electrons. The standard InChI is InChI=1S/C17H22ClNS/c1-4-9-19-16(17-8-6-13(3)20-17)11-14-7-5-12(2)10-15(14)18/h5-8,10,16,19H,4,9,11H2,1-3H3. The number of hydrogen-bond acceptors (Lipinski definition) is 2. The largest absolute Gasteiger partial charge is 0.309 e. The van der Waals surface area contributed by atoms with Crippen LogP contribution in [-0.4, -0.2) is 6.54 Å². The van der Waals surface area contributed by atoms with Crippen LogP contribution in [0.1, 0.15) is 40.3 Å². The average molecular weight is 308 g/mol. The molecule has 0 saturated heterocycles. The lowest BCUT2D eigenvalue weighted by Crippen LogP contribution is -2.23. The molecule has 0 spiro atoms. The van der Waals surface area contributed by atoms with Gasteiger partial charge in [-0.15, -0.1) is 11.3 Å². The van der Waals surface area contributed by atoms with Crippen molar-refractivity contribution in [1.82, 2.24) is 5.32 Å². The Balaban J connectivity index is 2.18. The molecule has 1 aromatic heterocycles. The Morgan fingerprint density at radius 3 is 2.60 bits per heavy atom. The van der Waals surface area contributed by atoms with Gasteiger partial charge in [0.25, 0.3) is 0 Å². The summed E-state index contributed by atoms with van der Waals surface area (Å²) in [7, 11) is 0. The Morgan fingerprint density at radius 1 is 1.20 bits per heavy atom. The first-order chi connectivity index (χ1) is 9.60. The predicted molar refractivity (Wildman–Crippen MR) is 90.0 cm³/mol. The minimum absolute atomic E-state index is 0.355. The van der Waals surface area contributed by atoms with E-state index in [0.717, 1.165) is 24.4 Å². The highest BCUT2D eigenvalue weighted by Crippen LogP contribution is 2.28. The first-order valence-corrected chi connectivity index (χ1v) is 8.34. The van der Waals surface area contributed by atoms with Gasteiger partial charge in [-0.1, -0.05) is 30.7 Å². The normalized spacial score (nSPS) is 12.6. The minimum atomic E-state index is 0.355. The number of benzene rings is 1. The van der Waals surface area contributed by atoms with E-state index in [-0.39, 0.29) is 0 Å². The van der Waals surface area contributed by atoms with Gasteiger partial charge in [0.05, 0.1) is 0 Å². The summed E-state index contributed by atoms with van der Waals surface area (Å²) < 4.78 is 0. The molecule has 0 saturated carbocycles. The molecule has 1 atom stereocenters. The maximum Gasteiger partial charge on any atom is 0.0456 e. The molecule has 1 N–H and O–H groups in total. The van der Waals surface area contributed by atoms with Gasteiger partial charge in [-0.05, 0) is 62.6 Å². The molecule has 2 aromatic rings. The summed E-state index contributed by atoms with van der Waals surface area (Å²) in [4.78, 5) is 2.76. The van der Waals surface area contributed by atoms with Gasteiger partial charge < -0.3 is 5.32 Å². The van der Waals surface area contributed by atoms with Gasteiger partial charge in [-0.25, -0.2) is 0 Å². The number of halogens is 1. The quantitative estimate of drug-likeness (QED) is 0.763. The molecule has 1 aromatic carbocycles. The van der Waals surface area contributed by atoms with E-state index in [1.807, 2.05) is 17.4 Å². The van der Waals surface area contributed by atoms with E-state index in [9.17, 15) is 0 Å². The lowest BCUT2D eigenvalue weighted by molar-refractivity contribution is 0.536. The van der Waals surface area contributed by atoms with Crippen LogP contribution in [0.2, 0.25) is 5.02 Å². The van der Waals surface area contributed by atoms with Gasteiger partial charge in [-0.3, -0.25) is 0 Å². The van der Waals surface area contributed by atoms with Gasteiger partial charge >= 0.3 is 0 Å². The van der Waals surface area contributed by atoms with E-state index in [4.69, 9.17) is 11.6 Å². The molecule has 0 fully saturated rings. The van der Waals surface area contributed by atoms with Gasteiger partial charge in [0, 0.05) is 20.8 Å². The SMILES string of the molecule is CCCNC(Cc1ccc(C)cc1Cl)c1ccc(C)s1. The third kappa shape index (κ3) is 4.08. The van der Waals surface area contributed by atoms with Crippen molar-refractivity contribution in [3.63, 3.8) is 0 Å². The number of hydrogen-bond donors (Lipinski definition) is 1. The Labute approximate surface area is 131 Å². The van der Waals surface area contributed by atoms with Gasteiger partial charge in [0.1, 0.15) is 0 Å². The molecule has 0 bridgehead atoms. The topological polar surface area (TPSA) is 12.0 Å². The molecular formula is C17H22ClNS. The molecule has 20 heavy (non-hydrogen) atoms. The minimum Gasteiger partial charge on any atom is -0.309 e. The van der Waals surface area contributed by atoms with E-state index in [1.165, 1.54) is 20.9 Å². The van der Waals surface area contributed by atoms with E-state index < -0.39 is 0 Å². The lowest BCUT2D eigenvalue weighted by Gasteiger charge is -2.18. The summed E-state index contributed by atoms with van der Waals surface area (Å²) in [6.45, 7) is 7.46. The Bertz CT molecular complexity index is 562. The Morgan fingerprint density at radius 2 is 2.00 bits per heavy atom. The van der Waals surface area contributed by atoms with Crippen molar-refractivity contribution in [3.8, 4) is 0 Å². The molecule has 1 unspecified atom stereocenters. The Kier molecular flexibility index (Phi) is 5.64. The summed E-state index contributed by atoms with van der Waals surface area (Å²) in [5.74, 6) is 0. The monoisotopic (exact) mass is 307 g/mol. The highest BCUT2D eigenvalue weighted by Gasteiger charge is 2.15. The summed E-state index contributed by atoms with van der Waals surface area (Å²) in [6.07, 6.45) is 2.08. The first kappa shape index (κ1) is 15.6. The summed E-state index contributed by atoms with van der Waals surface area (Å²) in [5.41, 5.74) is 2.43. The first-order valence-electron chi connectivity index (χ1n) is 7.15. The van der Waals surface area contributed by atoms with Crippen molar-refractivity contribution < 1.29 is 0 Å². The highest BCUT2D eigenvalue weighted by molar-refractivity contribution is 7.12. The third-order valence-electron chi connectivity index (χ3n) is 3.38. The second kappa shape index (κ2) is 7.26. The fourth-order valence-corrected chi connectivity index (χ4v) is 3.54. The van der Waals surface area contributed by atoms with Crippen LogP contribution in [0.4, 0.5) is 0 Å². The zero-order chi connectivity index (χ0) is 14.5. The fourth-order valence-electron chi connectivity index (χ4n) is 2.27. The zero-order valence-corrected chi connectivity index (χ0v) is 13.9. The second-order valence-electron chi connectivity index (χ2n) is 5.25. The third-order valence-corrected chi connectivity index (χ3v) is 4.84. The molecule has 108 valence electrons. The maximum absolute atomic E-state index is 6.38. The summed E-state index contributed by atoms with van der Waals surface area (Å²) in [5, 5.41) is 4.52. The Hall–Kier alpha value is -0.830. The molecule has 0 amide bonds.